The molecule has 1 unspecified atom stereocenters. The van der Waals surface area contributed by atoms with Gasteiger partial charge in [0, 0.05) is 37.8 Å². The summed E-state index contributed by atoms with van der Waals surface area (Å²) in [4.78, 5) is 8.34. The maximum atomic E-state index is 11.6. The van der Waals surface area contributed by atoms with E-state index in [0.717, 1.165) is 5.56 Å². The molecule has 0 saturated carbocycles. The number of hydrogen-bond acceptors (Lipinski definition) is 7. The van der Waals surface area contributed by atoms with Crippen LogP contribution in [0.25, 0.3) is 0 Å². The molecule has 0 aliphatic carbocycles. The van der Waals surface area contributed by atoms with E-state index in [0.29, 0.717) is 31.1 Å². The topological polar surface area (TPSA) is 98.0 Å². The third-order valence-corrected chi connectivity index (χ3v) is 5.05. The van der Waals surface area contributed by atoms with Crippen LogP contribution in [0.15, 0.2) is 29.0 Å². The molecule has 0 amide bonds. The molecular formula is C13H16N4O3S. The normalized spacial score (nSPS) is 21.2. The zero-order valence-electron chi connectivity index (χ0n) is 11.4. The maximum Gasteiger partial charge on any atom is 0.228 e. The lowest BCUT2D eigenvalue weighted by molar-refractivity contribution is 0.357. The molecule has 0 spiro atoms. The Morgan fingerprint density at radius 3 is 3.10 bits per heavy atom. The lowest BCUT2D eigenvalue weighted by Crippen LogP contribution is -2.46. The molecule has 0 radical (unpaired) electrons. The standard InChI is InChI=1S/C13H16N4O3S/c18-21(19)5-4-15-11(9-21)7-13-16-12(17-20-13)6-10-2-1-3-14-8-10/h1-3,8,11,15H,4-7,9H2. The molecule has 21 heavy (non-hydrogen) atoms. The minimum atomic E-state index is -2.95. The van der Waals surface area contributed by atoms with Crippen molar-refractivity contribution in [3.63, 3.8) is 0 Å². The second-order valence-electron chi connectivity index (χ2n) is 5.11. The average molecular weight is 308 g/mol. The minimum Gasteiger partial charge on any atom is -0.339 e. The zero-order chi connectivity index (χ0) is 14.7. The predicted octanol–water partition coefficient (Wildman–Crippen LogP) is -0.0155. The summed E-state index contributed by atoms with van der Waals surface area (Å²) in [5.41, 5.74) is 1.00. The van der Waals surface area contributed by atoms with E-state index >= 15 is 0 Å². The van der Waals surface area contributed by atoms with Crippen LogP contribution in [0.1, 0.15) is 17.3 Å². The van der Waals surface area contributed by atoms with Crippen LogP contribution in [0.5, 0.6) is 0 Å². The summed E-state index contributed by atoms with van der Waals surface area (Å²) in [5.74, 6) is 1.35. The molecule has 0 aromatic carbocycles. The Labute approximate surface area is 122 Å². The van der Waals surface area contributed by atoms with Gasteiger partial charge in [-0.05, 0) is 11.6 Å². The second-order valence-corrected chi connectivity index (χ2v) is 7.34. The number of aromatic nitrogens is 3. The summed E-state index contributed by atoms with van der Waals surface area (Å²) in [7, 11) is -2.95. The van der Waals surface area contributed by atoms with Gasteiger partial charge in [-0.25, -0.2) is 8.42 Å². The Bertz CT molecular complexity index is 699. The van der Waals surface area contributed by atoms with Gasteiger partial charge >= 0.3 is 0 Å². The van der Waals surface area contributed by atoms with Crippen LogP contribution in [0.4, 0.5) is 0 Å². The van der Waals surface area contributed by atoms with E-state index in [1.165, 1.54) is 0 Å². The van der Waals surface area contributed by atoms with Gasteiger partial charge in [0.2, 0.25) is 5.89 Å². The summed E-state index contributed by atoms with van der Waals surface area (Å²) in [6, 6.07) is 3.64. The van der Waals surface area contributed by atoms with Crippen molar-refractivity contribution in [3.05, 3.63) is 41.8 Å². The average Bonchev–Trinajstić information content (AvgIpc) is 2.86. The van der Waals surface area contributed by atoms with Gasteiger partial charge in [-0.15, -0.1) is 0 Å². The van der Waals surface area contributed by atoms with Crippen molar-refractivity contribution in [1.29, 1.82) is 0 Å². The molecule has 1 fully saturated rings. The van der Waals surface area contributed by atoms with Crippen LogP contribution in [0.2, 0.25) is 0 Å². The molecule has 1 aliphatic rings. The number of nitrogens with zero attached hydrogens (tertiary/aromatic N) is 3. The van der Waals surface area contributed by atoms with E-state index < -0.39 is 9.84 Å². The summed E-state index contributed by atoms with van der Waals surface area (Å²) >= 11 is 0. The van der Waals surface area contributed by atoms with Gasteiger partial charge in [0.15, 0.2) is 15.7 Å². The lowest BCUT2D eigenvalue weighted by Gasteiger charge is -2.21. The number of rotatable bonds is 4. The predicted molar refractivity (Wildman–Crippen MR) is 75.5 cm³/mol. The summed E-state index contributed by atoms with van der Waals surface area (Å²) in [6.07, 6.45) is 4.44. The number of sulfone groups is 1. The first-order chi connectivity index (χ1) is 10.1. The highest BCUT2D eigenvalue weighted by Crippen LogP contribution is 2.10. The first-order valence-electron chi connectivity index (χ1n) is 6.75. The van der Waals surface area contributed by atoms with E-state index in [-0.39, 0.29) is 17.5 Å². The van der Waals surface area contributed by atoms with E-state index in [2.05, 4.69) is 20.4 Å². The molecule has 1 N–H and O–H groups in total. The summed E-state index contributed by atoms with van der Waals surface area (Å²) in [5, 5.41) is 7.09. The van der Waals surface area contributed by atoms with Crippen molar-refractivity contribution in [3.8, 4) is 0 Å². The van der Waals surface area contributed by atoms with E-state index in [1.54, 1.807) is 12.4 Å². The van der Waals surface area contributed by atoms with Crippen molar-refractivity contribution in [2.75, 3.05) is 18.1 Å². The van der Waals surface area contributed by atoms with E-state index in [4.69, 9.17) is 4.52 Å². The van der Waals surface area contributed by atoms with Gasteiger partial charge in [0.05, 0.1) is 11.5 Å². The highest BCUT2D eigenvalue weighted by atomic mass is 32.2. The molecular weight excluding hydrogens is 292 g/mol. The Balaban J connectivity index is 1.63. The molecule has 0 bridgehead atoms. The largest absolute Gasteiger partial charge is 0.339 e. The molecule has 8 heteroatoms. The monoisotopic (exact) mass is 308 g/mol. The Morgan fingerprint density at radius 2 is 2.33 bits per heavy atom. The van der Waals surface area contributed by atoms with Crippen LogP contribution in [-0.4, -0.2) is 47.6 Å². The van der Waals surface area contributed by atoms with Crippen molar-refractivity contribution in [2.24, 2.45) is 0 Å². The Morgan fingerprint density at radius 1 is 1.43 bits per heavy atom. The van der Waals surface area contributed by atoms with Gasteiger partial charge in [0.25, 0.3) is 0 Å². The van der Waals surface area contributed by atoms with Crippen LogP contribution < -0.4 is 5.32 Å². The molecule has 1 saturated heterocycles. The van der Waals surface area contributed by atoms with Gasteiger partial charge in [-0.3, -0.25) is 4.98 Å². The van der Waals surface area contributed by atoms with E-state index in [9.17, 15) is 8.42 Å². The molecule has 3 heterocycles. The fourth-order valence-corrected chi connectivity index (χ4v) is 3.78. The highest BCUT2D eigenvalue weighted by Gasteiger charge is 2.26. The van der Waals surface area contributed by atoms with Gasteiger partial charge < -0.3 is 9.84 Å². The quantitative estimate of drug-likeness (QED) is 0.848. The fourth-order valence-electron chi connectivity index (χ4n) is 2.34. The maximum absolute atomic E-state index is 11.6. The molecule has 2 aromatic heterocycles. The van der Waals surface area contributed by atoms with Gasteiger partial charge in [0.1, 0.15) is 0 Å². The van der Waals surface area contributed by atoms with Crippen LogP contribution >= 0.6 is 0 Å². The minimum absolute atomic E-state index is 0.118. The van der Waals surface area contributed by atoms with E-state index in [1.807, 2.05) is 12.1 Å². The first kappa shape index (κ1) is 14.2. The Hall–Kier alpha value is -1.80. The van der Waals surface area contributed by atoms with Crippen molar-refractivity contribution in [2.45, 2.75) is 18.9 Å². The van der Waals surface area contributed by atoms with Crippen LogP contribution in [0, 0.1) is 0 Å². The number of pyridine rings is 1. The highest BCUT2D eigenvalue weighted by molar-refractivity contribution is 7.91. The molecule has 1 aliphatic heterocycles. The smallest absolute Gasteiger partial charge is 0.228 e. The third-order valence-electron chi connectivity index (χ3n) is 3.32. The van der Waals surface area contributed by atoms with Gasteiger partial charge in [-0.1, -0.05) is 11.2 Å². The van der Waals surface area contributed by atoms with Crippen LogP contribution in [-0.2, 0) is 22.7 Å². The molecule has 3 rings (SSSR count). The zero-order valence-corrected chi connectivity index (χ0v) is 12.2. The summed E-state index contributed by atoms with van der Waals surface area (Å²) in [6.45, 7) is 0.476. The van der Waals surface area contributed by atoms with Gasteiger partial charge in [-0.2, -0.15) is 4.98 Å². The van der Waals surface area contributed by atoms with Crippen molar-refractivity contribution >= 4 is 9.84 Å². The molecule has 7 nitrogen and oxygen atoms in total. The number of nitrogens with one attached hydrogen (secondary N) is 1. The molecule has 112 valence electrons. The lowest BCUT2D eigenvalue weighted by atomic mass is 10.2. The molecule has 2 aromatic rings. The van der Waals surface area contributed by atoms with Crippen molar-refractivity contribution in [1.82, 2.24) is 20.4 Å². The third kappa shape index (κ3) is 3.85. The van der Waals surface area contributed by atoms with Crippen LogP contribution in [0.3, 0.4) is 0 Å². The number of hydrogen-bond donors (Lipinski definition) is 1. The summed E-state index contributed by atoms with van der Waals surface area (Å²) < 4.78 is 28.4. The first-order valence-corrected chi connectivity index (χ1v) is 8.57. The molecule has 1 atom stereocenters. The Kier molecular flexibility index (Phi) is 3.98. The SMILES string of the molecule is O=S1(=O)CCNC(Cc2nc(Cc3cccnc3)no2)C1. The second kappa shape index (κ2) is 5.90. The fraction of sp³-hybridized carbons (Fsp3) is 0.462. The van der Waals surface area contributed by atoms with Crippen molar-refractivity contribution < 1.29 is 12.9 Å².